The van der Waals surface area contributed by atoms with Gasteiger partial charge in [-0.1, -0.05) is 18.2 Å². The van der Waals surface area contributed by atoms with Crippen molar-refractivity contribution in [1.82, 2.24) is 15.5 Å². The van der Waals surface area contributed by atoms with Crippen molar-refractivity contribution in [3.63, 3.8) is 0 Å². The summed E-state index contributed by atoms with van der Waals surface area (Å²) in [5.41, 5.74) is 0.955. The highest BCUT2D eigenvalue weighted by atomic mass is 16.5. The number of guanidine groups is 1. The molecule has 0 spiro atoms. The van der Waals surface area contributed by atoms with Crippen LogP contribution in [0.5, 0.6) is 0 Å². The molecule has 2 saturated heterocycles. The lowest BCUT2D eigenvalue weighted by molar-refractivity contribution is -0.117. The third-order valence-corrected chi connectivity index (χ3v) is 4.67. The molecule has 2 fully saturated rings. The van der Waals surface area contributed by atoms with Crippen molar-refractivity contribution in [2.75, 3.05) is 57.4 Å². The first-order chi connectivity index (χ1) is 12.8. The summed E-state index contributed by atoms with van der Waals surface area (Å²) in [6.07, 6.45) is 0.489. The molecule has 1 aromatic carbocycles. The molecular formula is C19H29N5O2. The standard InChI is InChI=1S/C19H29N5O2/c1-2-20-19(21-8-9-23-10-12-26-13-11-23)22-16-14-18(25)24(15-16)17-6-4-3-5-7-17/h3-7,16H,2,8-15H2,1H3,(H2,20,21,22). The predicted octanol–water partition coefficient (Wildman–Crippen LogP) is 0.679. The summed E-state index contributed by atoms with van der Waals surface area (Å²) >= 11 is 0. The van der Waals surface area contributed by atoms with Crippen LogP contribution in [0.4, 0.5) is 5.69 Å². The number of aliphatic imine (C=N–C) groups is 1. The van der Waals surface area contributed by atoms with Crippen LogP contribution in [-0.2, 0) is 9.53 Å². The number of hydrogen-bond donors (Lipinski definition) is 2. The number of benzene rings is 1. The topological polar surface area (TPSA) is 69.2 Å². The highest BCUT2D eigenvalue weighted by molar-refractivity contribution is 5.97. The summed E-state index contributed by atoms with van der Waals surface area (Å²) in [7, 11) is 0. The van der Waals surface area contributed by atoms with Crippen LogP contribution >= 0.6 is 0 Å². The molecule has 1 unspecified atom stereocenters. The molecule has 0 saturated carbocycles. The minimum atomic E-state index is 0.0730. The van der Waals surface area contributed by atoms with Gasteiger partial charge in [-0.25, -0.2) is 0 Å². The van der Waals surface area contributed by atoms with Gasteiger partial charge < -0.3 is 20.3 Å². The Kier molecular flexibility index (Phi) is 6.85. The van der Waals surface area contributed by atoms with Gasteiger partial charge in [0, 0.05) is 44.8 Å². The van der Waals surface area contributed by atoms with Gasteiger partial charge in [-0.15, -0.1) is 0 Å². The van der Waals surface area contributed by atoms with E-state index < -0.39 is 0 Å². The third-order valence-electron chi connectivity index (χ3n) is 4.67. The van der Waals surface area contributed by atoms with Gasteiger partial charge in [0.05, 0.1) is 25.8 Å². The van der Waals surface area contributed by atoms with E-state index in [9.17, 15) is 4.79 Å². The van der Waals surface area contributed by atoms with Gasteiger partial charge in [-0.05, 0) is 19.1 Å². The van der Waals surface area contributed by atoms with Crippen molar-refractivity contribution in [2.24, 2.45) is 4.99 Å². The lowest BCUT2D eigenvalue weighted by atomic mass is 10.2. The monoisotopic (exact) mass is 359 g/mol. The van der Waals surface area contributed by atoms with E-state index in [-0.39, 0.29) is 11.9 Å². The number of hydrogen-bond acceptors (Lipinski definition) is 4. The van der Waals surface area contributed by atoms with Crippen LogP contribution in [0.25, 0.3) is 0 Å². The molecule has 2 N–H and O–H groups in total. The first-order valence-electron chi connectivity index (χ1n) is 9.46. The van der Waals surface area contributed by atoms with Gasteiger partial charge in [0.1, 0.15) is 0 Å². The molecule has 26 heavy (non-hydrogen) atoms. The Balaban J connectivity index is 1.52. The van der Waals surface area contributed by atoms with Crippen LogP contribution in [0.15, 0.2) is 35.3 Å². The van der Waals surface area contributed by atoms with Gasteiger partial charge in [-0.2, -0.15) is 0 Å². The Morgan fingerprint density at radius 1 is 1.27 bits per heavy atom. The van der Waals surface area contributed by atoms with Crippen LogP contribution in [0.2, 0.25) is 0 Å². The van der Waals surface area contributed by atoms with E-state index in [1.54, 1.807) is 0 Å². The largest absolute Gasteiger partial charge is 0.379 e. The third kappa shape index (κ3) is 5.19. The van der Waals surface area contributed by atoms with Crippen LogP contribution < -0.4 is 15.5 Å². The molecule has 0 aromatic heterocycles. The predicted molar refractivity (Wildman–Crippen MR) is 104 cm³/mol. The lowest BCUT2D eigenvalue weighted by Crippen LogP contribution is -2.45. The van der Waals surface area contributed by atoms with Gasteiger partial charge in [0.2, 0.25) is 5.91 Å². The normalized spacial score (nSPS) is 21.9. The first kappa shape index (κ1) is 18.7. The van der Waals surface area contributed by atoms with Crippen molar-refractivity contribution < 1.29 is 9.53 Å². The fourth-order valence-electron chi connectivity index (χ4n) is 3.30. The summed E-state index contributed by atoms with van der Waals surface area (Å²) in [4.78, 5) is 21.2. The number of rotatable bonds is 6. The maximum Gasteiger partial charge on any atom is 0.229 e. The Bertz CT molecular complexity index is 601. The molecule has 3 rings (SSSR count). The average molecular weight is 359 g/mol. The average Bonchev–Trinajstić information content (AvgIpc) is 3.03. The number of ether oxygens (including phenoxy) is 1. The highest BCUT2D eigenvalue weighted by Crippen LogP contribution is 2.20. The van der Waals surface area contributed by atoms with Crippen molar-refractivity contribution in [1.29, 1.82) is 0 Å². The van der Waals surface area contributed by atoms with Gasteiger partial charge in [0.15, 0.2) is 5.96 Å². The van der Waals surface area contributed by atoms with Crippen LogP contribution in [0.3, 0.4) is 0 Å². The van der Waals surface area contributed by atoms with Crippen molar-refractivity contribution in [2.45, 2.75) is 19.4 Å². The van der Waals surface area contributed by atoms with E-state index in [0.29, 0.717) is 13.0 Å². The Morgan fingerprint density at radius 3 is 2.77 bits per heavy atom. The molecule has 0 aliphatic carbocycles. The Labute approximate surface area is 155 Å². The first-order valence-corrected chi connectivity index (χ1v) is 9.46. The molecule has 7 nitrogen and oxygen atoms in total. The zero-order valence-corrected chi connectivity index (χ0v) is 15.5. The molecule has 1 aromatic rings. The number of para-hydroxylation sites is 1. The molecule has 2 aliphatic heterocycles. The zero-order valence-electron chi connectivity index (χ0n) is 15.5. The van der Waals surface area contributed by atoms with Gasteiger partial charge in [-0.3, -0.25) is 14.7 Å². The summed E-state index contributed by atoms with van der Waals surface area (Å²) in [6, 6.07) is 9.90. The molecule has 1 atom stereocenters. The van der Waals surface area contributed by atoms with E-state index >= 15 is 0 Å². The summed E-state index contributed by atoms with van der Waals surface area (Å²) in [5.74, 6) is 0.936. The second-order valence-corrected chi connectivity index (χ2v) is 6.60. The maximum atomic E-state index is 12.4. The van der Waals surface area contributed by atoms with Crippen LogP contribution in [0.1, 0.15) is 13.3 Å². The smallest absolute Gasteiger partial charge is 0.229 e. The van der Waals surface area contributed by atoms with Crippen LogP contribution in [0, 0.1) is 0 Å². The minimum Gasteiger partial charge on any atom is -0.379 e. The summed E-state index contributed by atoms with van der Waals surface area (Å²) in [5, 5.41) is 6.70. The van der Waals surface area contributed by atoms with Crippen molar-refractivity contribution >= 4 is 17.6 Å². The number of carbonyl (C=O) groups excluding carboxylic acids is 1. The lowest BCUT2D eigenvalue weighted by Gasteiger charge is -2.26. The SMILES string of the molecule is CCNC(=NCCN1CCOCC1)NC1CC(=O)N(c2ccccc2)C1. The number of nitrogens with zero attached hydrogens (tertiary/aromatic N) is 3. The molecule has 7 heteroatoms. The second kappa shape index (κ2) is 9.54. The quantitative estimate of drug-likeness (QED) is 0.577. The Hall–Kier alpha value is -2.12. The van der Waals surface area contributed by atoms with Gasteiger partial charge >= 0.3 is 0 Å². The summed E-state index contributed by atoms with van der Waals surface area (Å²) in [6.45, 7) is 8.74. The molecule has 2 aliphatic rings. The highest BCUT2D eigenvalue weighted by Gasteiger charge is 2.31. The van der Waals surface area contributed by atoms with E-state index in [1.165, 1.54) is 0 Å². The van der Waals surface area contributed by atoms with E-state index in [0.717, 1.165) is 57.6 Å². The minimum absolute atomic E-state index is 0.0730. The molecule has 2 heterocycles. The number of carbonyl (C=O) groups is 1. The number of amides is 1. The molecule has 1 amide bonds. The fraction of sp³-hybridized carbons (Fsp3) is 0.579. The molecular weight excluding hydrogens is 330 g/mol. The molecule has 142 valence electrons. The van der Waals surface area contributed by atoms with Gasteiger partial charge in [0.25, 0.3) is 0 Å². The number of nitrogens with one attached hydrogen (secondary N) is 2. The van der Waals surface area contributed by atoms with E-state index in [1.807, 2.05) is 35.2 Å². The van der Waals surface area contributed by atoms with Crippen molar-refractivity contribution in [3.8, 4) is 0 Å². The van der Waals surface area contributed by atoms with E-state index in [2.05, 4.69) is 27.4 Å². The number of anilines is 1. The maximum absolute atomic E-state index is 12.4. The second-order valence-electron chi connectivity index (χ2n) is 6.60. The van der Waals surface area contributed by atoms with Crippen LogP contribution in [-0.4, -0.2) is 75.3 Å². The number of morpholine rings is 1. The Morgan fingerprint density at radius 2 is 2.04 bits per heavy atom. The van der Waals surface area contributed by atoms with E-state index in [4.69, 9.17) is 4.74 Å². The zero-order chi connectivity index (χ0) is 18.2. The molecule has 0 bridgehead atoms. The molecule has 0 radical (unpaired) electrons. The summed E-state index contributed by atoms with van der Waals surface area (Å²) < 4.78 is 5.37. The van der Waals surface area contributed by atoms with Crippen molar-refractivity contribution in [3.05, 3.63) is 30.3 Å². The fourth-order valence-corrected chi connectivity index (χ4v) is 3.30.